The van der Waals surface area contributed by atoms with Gasteiger partial charge in [-0.05, 0) is 33.2 Å². The number of phenols is 1. The lowest BCUT2D eigenvalue weighted by Crippen LogP contribution is -2.17. The third-order valence-electron chi connectivity index (χ3n) is 3.71. The minimum Gasteiger partial charge on any atom is -0.506 e. The number of aromatic hydroxyl groups is 1. The maximum Gasteiger partial charge on any atom is 0.340 e. The number of aryl methyl sites for hydroxylation is 1. The van der Waals surface area contributed by atoms with Crippen LogP contribution in [0.2, 0.25) is 0 Å². The Bertz CT molecular complexity index is 799. The number of rotatable bonds is 5. The van der Waals surface area contributed by atoms with Crippen molar-refractivity contribution in [3.05, 3.63) is 23.4 Å². The number of hydrogen-bond acceptors (Lipinski definition) is 5. The molecule has 25 heavy (non-hydrogen) atoms. The second-order valence-electron chi connectivity index (χ2n) is 5.87. The summed E-state index contributed by atoms with van der Waals surface area (Å²) in [4.78, 5) is 26.0. The van der Waals surface area contributed by atoms with Crippen LogP contribution >= 0.6 is 12.4 Å². The molecule has 0 bridgehead atoms. The van der Waals surface area contributed by atoms with Crippen molar-refractivity contribution in [1.29, 1.82) is 0 Å². The van der Waals surface area contributed by atoms with E-state index in [0.717, 1.165) is 11.2 Å². The number of aromatic nitrogens is 1. The van der Waals surface area contributed by atoms with E-state index in [1.807, 2.05) is 30.6 Å². The molecule has 1 amide bonds. The number of ether oxygens (including phenoxy) is 1. The van der Waals surface area contributed by atoms with Crippen LogP contribution in [-0.2, 0) is 23.1 Å². The van der Waals surface area contributed by atoms with Crippen molar-refractivity contribution >= 4 is 40.9 Å². The first-order chi connectivity index (χ1) is 11.3. The number of fused-ring (bicyclic) bond motifs is 1. The highest BCUT2D eigenvalue weighted by Gasteiger charge is 2.26. The molecular formula is C17H24ClN3O4. The molecule has 0 saturated heterocycles. The van der Waals surface area contributed by atoms with E-state index in [2.05, 4.69) is 5.32 Å². The molecule has 1 aromatic heterocycles. The van der Waals surface area contributed by atoms with Gasteiger partial charge in [0, 0.05) is 31.6 Å². The summed E-state index contributed by atoms with van der Waals surface area (Å²) in [7, 11) is 5.65. The van der Waals surface area contributed by atoms with Crippen molar-refractivity contribution in [1.82, 2.24) is 9.47 Å². The van der Waals surface area contributed by atoms with Crippen LogP contribution in [0.1, 0.15) is 29.9 Å². The number of halogens is 1. The van der Waals surface area contributed by atoms with Gasteiger partial charge in [-0.25, -0.2) is 4.79 Å². The van der Waals surface area contributed by atoms with Crippen molar-refractivity contribution in [3.8, 4) is 5.75 Å². The molecule has 2 rings (SSSR count). The standard InChI is InChI=1S/C17H23N3O4.ClH/c1-6-24-17(23)15-12(9-19(3)4)20(5)11-7-8-13(22)16(14(11)15)18-10(2)21;/h7-8,22H,6,9H2,1-5H3,(H,18,21);1H. The lowest BCUT2D eigenvalue weighted by molar-refractivity contribution is -0.114. The number of anilines is 1. The van der Waals surface area contributed by atoms with Gasteiger partial charge in [0.2, 0.25) is 5.91 Å². The van der Waals surface area contributed by atoms with Crippen molar-refractivity contribution in [2.45, 2.75) is 20.4 Å². The van der Waals surface area contributed by atoms with Gasteiger partial charge in [0.1, 0.15) is 5.75 Å². The number of carbonyl (C=O) groups excluding carboxylic acids is 2. The van der Waals surface area contributed by atoms with Gasteiger partial charge in [-0.1, -0.05) is 0 Å². The largest absolute Gasteiger partial charge is 0.506 e. The third-order valence-corrected chi connectivity index (χ3v) is 3.71. The van der Waals surface area contributed by atoms with Gasteiger partial charge in [-0.2, -0.15) is 0 Å². The van der Waals surface area contributed by atoms with Gasteiger partial charge in [0.15, 0.2) is 0 Å². The Hall–Kier alpha value is -2.25. The van der Waals surface area contributed by atoms with Crippen LogP contribution < -0.4 is 5.32 Å². The molecule has 0 spiro atoms. The van der Waals surface area contributed by atoms with Crippen LogP contribution in [-0.4, -0.2) is 47.2 Å². The molecule has 0 fully saturated rings. The van der Waals surface area contributed by atoms with E-state index in [-0.39, 0.29) is 36.4 Å². The number of hydrogen-bond donors (Lipinski definition) is 2. The number of benzene rings is 1. The Morgan fingerprint density at radius 2 is 1.96 bits per heavy atom. The zero-order chi connectivity index (χ0) is 18.0. The molecule has 0 aliphatic heterocycles. The van der Waals surface area contributed by atoms with Gasteiger partial charge < -0.3 is 24.6 Å². The summed E-state index contributed by atoms with van der Waals surface area (Å²) in [6, 6.07) is 3.22. The first-order valence-corrected chi connectivity index (χ1v) is 7.70. The quantitative estimate of drug-likeness (QED) is 0.625. The first kappa shape index (κ1) is 20.8. The molecule has 0 saturated carbocycles. The smallest absolute Gasteiger partial charge is 0.340 e. The minimum absolute atomic E-state index is 0. The zero-order valence-electron chi connectivity index (χ0n) is 15.0. The van der Waals surface area contributed by atoms with E-state index >= 15 is 0 Å². The molecule has 0 aliphatic rings. The first-order valence-electron chi connectivity index (χ1n) is 7.70. The molecular weight excluding hydrogens is 346 g/mol. The average Bonchev–Trinajstić information content (AvgIpc) is 2.75. The van der Waals surface area contributed by atoms with Crippen molar-refractivity contribution in [2.24, 2.45) is 7.05 Å². The van der Waals surface area contributed by atoms with Crippen LogP contribution in [0.25, 0.3) is 10.9 Å². The van der Waals surface area contributed by atoms with E-state index < -0.39 is 5.97 Å². The van der Waals surface area contributed by atoms with Crippen LogP contribution in [0, 0.1) is 0 Å². The predicted molar refractivity (Wildman–Crippen MR) is 99.5 cm³/mol. The zero-order valence-corrected chi connectivity index (χ0v) is 15.9. The predicted octanol–water partition coefficient (Wildman–Crippen LogP) is 2.50. The second-order valence-corrected chi connectivity index (χ2v) is 5.87. The van der Waals surface area contributed by atoms with Crippen LogP contribution in [0.15, 0.2) is 12.1 Å². The Kier molecular flexibility index (Phi) is 6.84. The van der Waals surface area contributed by atoms with Gasteiger partial charge in [0.25, 0.3) is 0 Å². The SMILES string of the molecule is CCOC(=O)c1c(CN(C)C)n(C)c2ccc(O)c(NC(C)=O)c12.Cl. The van der Waals surface area contributed by atoms with Crippen LogP contribution in [0.4, 0.5) is 5.69 Å². The summed E-state index contributed by atoms with van der Waals surface area (Å²) in [6.45, 7) is 3.84. The van der Waals surface area contributed by atoms with Crippen LogP contribution in [0.5, 0.6) is 5.75 Å². The Balaban J connectivity index is 0.00000312. The fraction of sp³-hybridized carbons (Fsp3) is 0.412. The van der Waals surface area contributed by atoms with Crippen LogP contribution in [0.3, 0.4) is 0 Å². The highest BCUT2D eigenvalue weighted by molar-refractivity contribution is 6.14. The third kappa shape index (κ3) is 4.05. The number of esters is 1. The highest BCUT2D eigenvalue weighted by atomic mass is 35.5. The maximum absolute atomic E-state index is 12.6. The Morgan fingerprint density at radius 3 is 2.48 bits per heavy atom. The normalized spacial score (nSPS) is 10.6. The molecule has 2 N–H and O–H groups in total. The highest BCUT2D eigenvalue weighted by Crippen LogP contribution is 2.38. The molecule has 8 heteroatoms. The summed E-state index contributed by atoms with van der Waals surface area (Å²) in [5, 5.41) is 13.3. The molecule has 1 heterocycles. The molecule has 0 aliphatic carbocycles. The molecule has 1 aromatic carbocycles. The molecule has 0 radical (unpaired) electrons. The summed E-state index contributed by atoms with van der Waals surface area (Å²) in [5.41, 5.74) is 2.08. The molecule has 7 nitrogen and oxygen atoms in total. The lowest BCUT2D eigenvalue weighted by atomic mass is 10.1. The van der Waals surface area contributed by atoms with Crippen molar-refractivity contribution in [3.63, 3.8) is 0 Å². The Morgan fingerprint density at radius 1 is 1.32 bits per heavy atom. The monoisotopic (exact) mass is 369 g/mol. The average molecular weight is 370 g/mol. The number of nitrogens with one attached hydrogen (secondary N) is 1. The number of amides is 1. The molecule has 2 aromatic rings. The summed E-state index contributed by atoms with van der Waals surface area (Å²) >= 11 is 0. The summed E-state index contributed by atoms with van der Waals surface area (Å²) in [6.07, 6.45) is 0. The number of phenolic OH excluding ortho intramolecular Hbond substituents is 1. The van der Waals surface area contributed by atoms with Gasteiger partial charge in [-0.15, -0.1) is 12.4 Å². The minimum atomic E-state index is -0.475. The summed E-state index contributed by atoms with van der Waals surface area (Å²) in [5.74, 6) is -0.895. The van der Waals surface area contributed by atoms with Crippen molar-refractivity contribution in [2.75, 3.05) is 26.0 Å². The van der Waals surface area contributed by atoms with E-state index in [1.165, 1.54) is 13.0 Å². The number of carbonyl (C=O) groups is 2. The number of nitrogens with zero attached hydrogens (tertiary/aromatic N) is 2. The lowest BCUT2D eigenvalue weighted by Gasteiger charge is -2.13. The van der Waals surface area contributed by atoms with E-state index in [4.69, 9.17) is 4.74 Å². The molecule has 0 unspecified atom stereocenters. The maximum atomic E-state index is 12.6. The fourth-order valence-electron chi connectivity index (χ4n) is 2.78. The topological polar surface area (TPSA) is 83.8 Å². The van der Waals surface area contributed by atoms with Crippen molar-refractivity contribution < 1.29 is 19.4 Å². The van der Waals surface area contributed by atoms with Gasteiger partial charge in [0.05, 0.1) is 23.4 Å². The molecule has 0 atom stereocenters. The summed E-state index contributed by atoms with van der Waals surface area (Å²) < 4.78 is 7.09. The molecule has 138 valence electrons. The fourth-order valence-corrected chi connectivity index (χ4v) is 2.78. The van der Waals surface area contributed by atoms with E-state index in [9.17, 15) is 14.7 Å². The van der Waals surface area contributed by atoms with E-state index in [1.54, 1.807) is 13.0 Å². The Labute approximate surface area is 153 Å². The van der Waals surface area contributed by atoms with E-state index in [0.29, 0.717) is 17.5 Å². The van der Waals surface area contributed by atoms with Gasteiger partial charge >= 0.3 is 5.97 Å². The second kappa shape index (κ2) is 8.22. The van der Waals surface area contributed by atoms with Gasteiger partial charge in [-0.3, -0.25) is 4.79 Å².